The van der Waals surface area contributed by atoms with E-state index in [2.05, 4.69) is 19.2 Å². The minimum Gasteiger partial charge on any atom is -0.396 e. The minimum absolute atomic E-state index is 0.185. The lowest BCUT2D eigenvalue weighted by molar-refractivity contribution is -0.0565. The van der Waals surface area contributed by atoms with Crippen LogP contribution < -0.4 is 5.32 Å². The van der Waals surface area contributed by atoms with Crippen LogP contribution in [0.25, 0.3) is 0 Å². The Morgan fingerprint density at radius 2 is 1.90 bits per heavy atom. The molecule has 0 aliphatic carbocycles. The van der Waals surface area contributed by atoms with Gasteiger partial charge in [0.15, 0.2) is 0 Å². The van der Waals surface area contributed by atoms with E-state index in [4.69, 9.17) is 13.6 Å². The van der Waals surface area contributed by atoms with Gasteiger partial charge in [-0.25, -0.2) is 0 Å². The third-order valence-corrected chi connectivity index (χ3v) is 9.65. The maximum absolute atomic E-state index is 6.18. The van der Waals surface area contributed by atoms with Gasteiger partial charge in [-0.05, 0) is 50.7 Å². The second-order valence-corrected chi connectivity index (χ2v) is 9.76. The molecule has 0 spiro atoms. The Kier molecular flexibility index (Phi) is 8.42. The van der Waals surface area contributed by atoms with Crippen molar-refractivity contribution in [2.75, 3.05) is 34.4 Å². The van der Waals surface area contributed by atoms with Gasteiger partial charge in [-0.3, -0.25) is 0 Å². The Morgan fingerprint density at radius 3 is 2.43 bits per heavy atom. The van der Waals surface area contributed by atoms with Crippen LogP contribution in [0.1, 0.15) is 52.4 Å². The molecule has 0 saturated carbocycles. The lowest BCUT2D eigenvalue weighted by Crippen LogP contribution is -2.68. The Hall–Kier alpha value is 0.0569. The molecule has 1 aliphatic rings. The maximum atomic E-state index is 6.18. The zero-order valence-corrected chi connectivity index (χ0v) is 15.7. The number of ether oxygens (including phenoxy) is 1. The molecule has 0 aromatic carbocycles. The van der Waals surface area contributed by atoms with Gasteiger partial charge in [0, 0.05) is 21.3 Å². The van der Waals surface area contributed by atoms with Crippen molar-refractivity contribution >= 4 is 8.56 Å². The number of methoxy groups -OCH3 is 1. The fraction of sp³-hybridized carbons (Fsp3) is 1.00. The molecule has 126 valence electrons. The van der Waals surface area contributed by atoms with Crippen LogP contribution in [0, 0.1) is 5.92 Å². The van der Waals surface area contributed by atoms with Crippen molar-refractivity contribution in [3.8, 4) is 0 Å². The Morgan fingerprint density at radius 1 is 1.19 bits per heavy atom. The highest BCUT2D eigenvalue weighted by Gasteiger charge is 2.62. The molecule has 2 unspecified atom stereocenters. The van der Waals surface area contributed by atoms with Crippen LogP contribution in [-0.2, 0) is 13.6 Å². The minimum atomic E-state index is -2.31. The number of hydrogen-bond acceptors (Lipinski definition) is 4. The molecule has 0 amide bonds. The normalized spacial score (nSPS) is 28.7. The second-order valence-electron chi connectivity index (χ2n) is 6.09. The topological polar surface area (TPSA) is 39.7 Å². The SMILES string of the molecule is CCCC1(OC)C(CCCNCC)CCC[Si]1(OC)OC. The fourth-order valence-corrected chi connectivity index (χ4v) is 8.40. The zero-order chi connectivity index (χ0) is 15.8. The van der Waals surface area contributed by atoms with E-state index in [1.807, 2.05) is 21.3 Å². The van der Waals surface area contributed by atoms with E-state index in [0.29, 0.717) is 5.92 Å². The van der Waals surface area contributed by atoms with Gasteiger partial charge in [0.25, 0.3) is 0 Å². The van der Waals surface area contributed by atoms with Crippen molar-refractivity contribution in [3.05, 3.63) is 0 Å². The van der Waals surface area contributed by atoms with Gasteiger partial charge in [-0.15, -0.1) is 0 Å². The summed E-state index contributed by atoms with van der Waals surface area (Å²) in [5.74, 6) is 0.557. The third kappa shape index (κ3) is 3.88. The van der Waals surface area contributed by atoms with E-state index >= 15 is 0 Å². The first-order valence-corrected chi connectivity index (χ1v) is 10.5. The van der Waals surface area contributed by atoms with Gasteiger partial charge in [0.1, 0.15) is 5.22 Å². The second kappa shape index (κ2) is 9.25. The molecule has 0 aromatic heterocycles. The molecule has 1 N–H and O–H groups in total. The summed E-state index contributed by atoms with van der Waals surface area (Å²) >= 11 is 0. The summed E-state index contributed by atoms with van der Waals surface area (Å²) < 4.78 is 18.2. The Bertz CT molecular complexity index is 287. The predicted octanol–water partition coefficient (Wildman–Crippen LogP) is 3.25. The highest BCUT2D eigenvalue weighted by Crippen LogP contribution is 2.48. The highest BCUT2D eigenvalue weighted by molar-refractivity contribution is 6.70. The molecule has 1 saturated heterocycles. The van der Waals surface area contributed by atoms with Gasteiger partial charge in [0.2, 0.25) is 0 Å². The summed E-state index contributed by atoms with van der Waals surface area (Å²) in [5.41, 5.74) is 0. The average Bonchev–Trinajstić information content (AvgIpc) is 2.52. The van der Waals surface area contributed by atoms with Gasteiger partial charge in [0.05, 0.1) is 0 Å². The van der Waals surface area contributed by atoms with Crippen LogP contribution in [0.4, 0.5) is 0 Å². The van der Waals surface area contributed by atoms with E-state index in [1.165, 1.54) is 25.7 Å². The molecule has 1 heterocycles. The smallest absolute Gasteiger partial charge is 0.371 e. The van der Waals surface area contributed by atoms with E-state index in [-0.39, 0.29) is 5.22 Å². The number of nitrogens with one attached hydrogen (secondary N) is 1. The van der Waals surface area contributed by atoms with Crippen LogP contribution in [0.15, 0.2) is 0 Å². The Balaban J connectivity index is 2.92. The molecular weight excluding hydrogens is 282 g/mol. The molecule has 1 rings (SSSR count). The van der Waals surface area contributed by atoms with E-state index in [1.54, 1.807) is 0 Å². The van der Waals surface area contributed by atoms with Gasteiger partial charge in [-0.1, -0.05) is 26.7 Å². The molecule has 4 nitrogen and oxygen atoms in total. The summed E-state index contributed by atoms with van der Waals surface area (Å²) in [5, 5.41) is 3.24. The van der Waals surface area contributed by atoms with Crippen LogP contribution in [0.5, 0.6) is 0 Å². The first kappa shape index (κ1) is 19.1. The standard InChI is InChI=1S/C16H35NO3Si/c1-6-12-16(18-3)15(10-8-13-17-7-2)11-9-14-21(16,19-4)20-5/h15,17H,6-14H2,1-5H3. The molecule has 21 heavy (non-hydrogen) atoms. The summed E-state index contributed by atoms with van der Waals surface area (Å²) in [6.45, 7) is 6.53. The van der Waals surface area contributed by atoms with Crippen molar-refractivity contribution in [2.24, 2.45) is 5.92 Å². The average molecular weight is 318 g/mol. The molecule has 0 bridgehead atoms. The van der Waals surface area contributed by atoms with Crippen molar-refractivity contribution in [1.29, 1.82) is 0 Å². The van der Waals surface area contributed by atoms with Gasteiger partial charge < -0.3 is 18.9 Å². The lowest BCUT2D eigenvalue weighted by atomic mass is 9.88. The predicted molar refractivity (Wildman–Crippen MR) is 89.7 cm³/mol. The zero-order valence-electron chi connectivity index (χ0n) is 14.7. The fourth-order valence-electron chi connectivity index (χ4n) is 4.19. The first-order valence-electron chi connectivity index (χ1n) is 8.52. The largest absolute Gasteiger partial charge is 0.396 e. The molecular formula is C16H35NO3Si. The van der Waals surface area contributed by atoms with Crippen molar-refractivity contribution in [3.63, 3.8) is 0 Å². The molecule has 2 atom stereocenters. The van der Waals surface area contributed by atoms with E-state index < -0.39 is 8.56 Å². The first-order chi connectivity index (χ1) is 10.2. The maximum Gasteiger partial charge on any atom is 0.371 e. The highest BCUT2D eigenvalue weighted by atomic mass is 28.4. The molecule has 1 aliphatic heterocycles. The van der Waals surface area contributed by atoms with E-state index in [0.717, 1.165) is 32.0 Å². The molecule has 1 fully saturated rings. The third-order valence-electron chi connectivity index (χ3n) is 5.16. The van der Waals surface area contributed by atoms with Crippen molar-refractivity contribution in [1.82, 2.24) is 5.32 Å². The van der Waals surface area contributed by atoms with E-state index in [9.17, 15) is 0 Å². The van der Waals surface area contributed by atoms with Crippen LogP contribution in [0.3, 0.4) is 0 Å². The van der Waals surface area contributed by atoms with Crippen LogP contribution in [0.2, 0.25) is 6.04 Å². The van der Waals surface area contributed by atoms with Gasteiger partial charge >= 0.3 is 8.56 Å². The molecule has 0 radical (unpaired) electrons. The molecule has 0 aromatic rings. The summed E-state index contributed by atoms with van der Waals surface area (Å²) in [7, 11) is 3.19. The Labute approximate surface area is 132 Å². The summed E-state index contributed by atoms with van der Waals surface area (Å²) in [6.07, 6.45) is 6.99. The summed E-state index contributed by atoms with van der Waals surface area (Å²) in [6, 6.07) is 1.05. The van der Waals surface area contributed by atoms with Gasteiger partial charge in [-0.2, -0.15) is 0 Å². The molecule has 5 heteroatoms. The quantitative estimate of drug-likeness (QED) is 0.496. The monoisotopic (exact) mass is 317 g/mol. The lowest BCUT2D eigenvalue weighted by Gasteiger charge is -2.52. The van der Waals surface area contributed by atoms with Crippen LogP contribution >= 0.6 is 0 Å². The number of hydrogen-bond donors (Lipinski definition) is 1. The van der Waals surface area contributed by atoms with Crippen molar-refractivity contribution in [2.45, 2.75) is 63.6 Å². The van der Waals surface area contributed by atoms with Crippen molar-refractivity contribution < 1.29 is 13.6 Å². The summed E-state index contributed by atoms with van der Waals surface area (Å²) in [4.78, 5) is 0. The number of rotatable bonds is 10. The van der Waals surface area contributed by atoms with Crippen LogP contribution in [-0.4, -0.2) is 48.2 Å².